The lowest BCUT2D eigenvalue weighted by Gasteiger charge is -2.12. The number of hydrogen-bond donors (Lipinski definition) is 0. The fraction of sp³-hybridized carbons (Fsp3) is 0. The van der Waals surface area contributed by atoms with Crippen molar-refractivity contribution in [3.63, 3.8) is 0 Å². The van der Waals surface area contributed by atoms with Crippen LogP contribution in [0.1, 0.15) is 0 Å². The first-order valence-electron chi connectivity index (χ1n) is 36.4. The highest BCUT2D eigenvalue weighted by Gasteiger charge is 2.20. The lowest BCUT2D eigenvalue weighted by atomic mass is 9.99. The maximum absolute atomic E-state index is 2.41. The van der Waals surface area contributed by atoms with Crippen LogP contribution in [0.15, 0.2) is 413 Å². The van der Waals surface area contributed by atoms with E-state index >= 15 is 0 Å². The van der Waals surface area contributed by atoms with Gasteiger partial charge in [-0.2, -0.15) is 0 Å². The van der Waals surface area contributed by atoms with Crippen molar-refractivity contribution in [2.45, 2.75) is 0 Å². The third kappa shape index (κ3) is 10.9. The third-order valence-corrected chi connectivity index (χ3v) is 21.4. The van der Waals surface area contributed by atoms with E-state index in [0.29, 0.717) is 0 Å². The van der Waals surface area contributed by atoms with Crippen LogP contribution < -0.4 is 0 Å². The highest BCUT2D eigenvalue weighted by Crippen LogP contribution is 2.43. The van der Waals surface area contributed by atoms with Gasteiger partial charge in [-0.1, -0.05) is 285 Å². The zero-order valence-corrected chi connectivity index (χ0v) is 58.0. The van der Waals surface area contributed by atoms with Gasteiger partial charge in [-0.25, -0.2) is 0 Å². The molecular formula is C102H68N4. The molecule has 17 aromatic carbocycles. The highest BCUT2D eigenvalue weighted by atomic mass is 15.0. The molecule has 0 radical (unpaired) electrons. The molecule has 0 unspecified atom stereocenters. The van der Waals surface area contributed by atoms with E-state index in [-0.39, 0.29) is 0 Å². The van der Waals surface area contributed by atoms with E-state index in [1.807, 2.05) is 0 Å². The molecule has 0 fully saturated rings. The van der Waals surface area contributed by atoms with Gasteiger partial charge in [0.2, 0.25) is 0 Å². The van der Waals surface area contributed by atoms with Gasteiger partial charge in [0.15, 0.2) is 0 Å². The molecule has 0 spiro atoms. The Morgan fingerprint density at radius 3 is 0.632 bits per heavy atom. The number of hydrogen-bond acceptors (Lipinski definition) is 0. The van der Waals surface area contributed by atoms with Gasteiger partial charge in [0.05, 0.1) is 44.1 Å². The molecular weight excluding hydrogens is 1280 g/mol. The summed E-state index contributed by atoms with van der Waals surface area (Å²) in [6.07, 6.45) is 0. The molecule has 106 heavy (non-hydrogen) atoms. The highest BCUT2D eigenvalue weighted by molar-refractivity contribution is 6.15. The summed E-state index contributed by atoms with van der Waals surface area (Å²) in [6, 6.07) is 150. The first-order chi connectivity index (χ1) is 52.6. The number of fused-ring (bicyclic) bond motifs is 12. The van der Waals surface area contributed by atoms with Gasteiger partial charge in [-0.3, -0.25) is 0 Å². The van der Waals surface area contributed by atoms with Gasteiger partial charge in [-0.05, 0) is 205 Å². The minimum absolute atomic E-state index is 1.15. The SMILES string of the molecule is c1ccc(-c2ccc(-c3cccc(-n4c5ccccc5c5cc(-c6ccc7c(c6)c6ccccc6n7-c6cccc(-c7ccccc7)c6)ccc54)c3)cc2)cc1.c1ccc(-c2cccc(-c3cccc(-n4c5ccccc5c5cc(-c6ccc7c(c6)c6ccccc6n7-c6ccccc6)ccc54)c3)c2)cc1. The van der Waals surface area contributed by atoms with Crippen molar-refractivity contribution >= 4 is 87.2 Å². The van der Waals surface area contributed by atoms with Crippen LogP contribution in [0.2, 0.25) is 0 Å². The number of nitrogens with zero attached hydrogens (tertiary/aromatic N) is 4. The Balaban J connectivity index is 0.000000141. The average molecular weight is 1350 g/mol. The molecule has 0 saturated carbocycles. The molecule has 0 aliphatic carbocycles. The molecule has 0 N–H and O–H groups in total. The summed E-state index contributed by atoms with van der Waals surface area (Å²) in [5.74, 6) is 0. The molecule has 496 valence electrons. The molecule has 4 heterocycles. The molecule has 0 aliphatic rings. The zero-order valence-electron chi connectivity index (χ0n) is 58.0. The summed E-state index contributed by atoms with van der Waals surface area (Å²) < 4.78 is 9.60. The van der Waals surface area contributed by atoms with Gasteiger partial charge in [0.25, 0.3) is 0 Å². The number of benzene rings is 17. The molecule has 0 amide bonds. The molecule has 21 rings (SSSR count). The predicted octanol–water partition coefficient (Wildman–Crippen LogP) is 27.4. The molecule has 21 aromatic rings. The van der Waals surface area contributed by atoms with Gasteiger partial charge in [-0.15, -0.1) is 0 Å². The van der Waals surface area contributed by atoms with Gasteiger partial charge in [0.1, 0.15) is 0 Å². The van der Waals surface area contributed by atoms with Gasteiger partial charge >= 0.3 is 0 Å². The monoisotopic (exact) mass is 1350 g/mol. The van der Waals surface area contributed by atoms with Crippen LogP contribution in [0, 0.1) is 0 Å². The quantitative estimate of drug-likeness (QED) is 0.123. The molecule has 4 aromatic heterocycles. The van der Waals surface area contributed by atoms with E-state index in [0.717, 1.165) is 17.1 Å². The van der Waals surface area contributed by atoms with Crippen LogP contribution in [0.5, 0.6) is 0 Å². The molecule has 4 nitrogen and oxygen atoms in total. The van der Waals surface area contributed by atoms with Crippen LogP contribution >= 0.6 is 0 Å². The van der Waals surface area contributed by atoms with E-state index in [1.165, 1.54) is 171 Å². The predicted molar refractivity (Wildman–Crippen MR) is 448 cm³/mol. The topological polar surface area (TPSA) is 19.7 Å². The summed E-state index contributed by atoms with van der Waals surface area (Å²) in [4.78, 5) is 0. The Morgan fingerprint density at radius 1 is 0.104 bits per heavy atom. The molecule has 0 saturated heterocycles. The van der Waals surface area contributed by atoms with Crippen molar-refractivity contribution in [2.24, 2.45) is 0 Å². The second kappa shape index (κ2) is 26.1. The smallest absolute Gasteiger partial charge is 0.0541 e. The number of para-hydroxylation sites is 5. The minimum Gasteiger partial charge on any atom is -0.309 e. The maximum Gasteiger partial charge on any atom is 0.0541 e. The van der Waals surface area contributed by atoms with Crippen molar-refractivity contribution in [3.8, 4) is 101 Å². The van der Waals surface area contributed by atoms with Crippen LogP contribution in [-0.4, -0.2) is 18.3 Å². The Hall–Kier alpha value is -14.1. The van der Waals surface area contributed by atoms with Gasteiger partial charge < -0.3 is 18.3 Å². The van der Waals surface area contributed by atoms with Gasteiger partial charge in [0, 0.05) is 65.8 Å². The molecule has 0 aliphatic heterocycles. The maximum atomic E-state index is 2.41. The van der Waals surface area contributed by atoms with Crippen molar-refractivity contribution in [3.05, 3.63) is 413 Å². The normalized spacial score (nSPS) is 11.6. The first-order valence-corrected chi connectivity index (χ1v) is 36.4. The lowest BCUT2D eigenvalue weighted by molar-refractivity contribution is 1.18. The lowest BCUT2D eigenvalue weighted by Crippen LogP contribution is -1.94. The average Bonchev–Trinajstić information content (AvgIpc) is 1.59. The van der Waals surface area contributed by atoms with E-state index in [4.69, 9.17) is 0 Å². The van der Waals surface area contributed by atoms with E-state index in [2.05, 4.69) is 431 Å². The largest absolute Gasteiger partial charge is 0.309 e. The second-order valence-corrected chi connectivity index (χ2v) is 27.6. The zero-order chi connectivity index (χ0) is 70.0. The Bertz CT molecular complexity index is 6910. The summed E-state index contributed by atoms with van der Waals surface area (Å²) in [7, 11) is 0. The Kier molecular flexibility index (Phi) is 15.2. The summed E-state index contributed by atoms with van der Waals surface area (Å²) in [5.41, 5.74) is 31.3. The van der Waals surface area contributed by atoms with E-state index in [1.54, 1.807) is 0 Å². The second-order valence-electron chi connectivity index (χ2n) is 27.6. The summed E-state index contributed by atoms with van der Waals surface area (Å²) in [6.45, 7) is 0. The Labute approximate surface area is 614 Å². The fourth-order valence-electron chi connectivity index (χ4n) is 16.4. The summed E-state index contributed by atoms with van der Waals surface area (Å²) in [5, 5.41) is 10.0. The first kappa shape index (κ1) is 61.8. The van der Waals surface area contributed by atoms with Crippen LogP contribution in [0.25, 0.3) is 188 Å². The van der Waals surface area contributed by atoms with Crippen molar-refractivity contribution in [1.29, 1.82) is 0 Å². The molecule has 0 atom stereocenters. The van der Waals surface area contributed by atoms with Crippen molar-refractivity contribution in [1.82, 2.24) is 18.3 Å². The molecule has 0 bridgehead atoms. The standard InChI is InChI=1S/C54H36N2.C48H32N2/c1-3-13-37(14-4-1)39-25-27-40(28-26-39)42-18-12-20-46(34-42)56-52-24-10-8-22-48(52)50-36-44(30-32-54(50)56)43-29-31-53-49(35-43)47-21-7-9-23-51(47)55(53)45-19-11-17-41(33-45)38-15-5-2-6-16-38;1-3-13-33(14-4-1)34-15-11-16-35(29-34)36-17-12-20-40(30-36)50-46-24-10-8-22-42(46)44-32-38(26-28-48(44)50)37-25-27-47-43(31-37)41-21-7-9-23-45(41)49(47)39-18-5-2-6-19-39/h1-36H;1-32H. The number of rotatable bonds is 11. The fourth-order valence-corrected chi connectivity index (χ4v) is 16.4. The van der Waals surface area contributed by atoms with Crippen molar-refractivity contribution in [2.75, 3.05) is 0 Å². The minimum atomic E-state index is 1.15. The van der Waals surface area contributed by atoms with Crippen LogP contribution in [0.4, 0.5) is 0 Å². The summed E-state index contributed by atoms with van der Waals surface area (Å²) >= 11 is 0. The van der Waals surface area contributed by atoms with Crippen LogP contribution in [0.3, 0.4) is 0 Å². The van der Waals surface area contributed by atoms with Crippen molar-refractivity contribution < 1.29 is 0 Å². The molecule has 4 heteroatoms. The Morgan fingerprint density at radius 2 is 0.292 bits per heavy atom. The van der Waals surface area contributed by atoms with E-state index in [9.17, 15) is 0 Å². The number of aromatic nitrogens is 4. The third-order valence-electron chi connectivity index (χ3n) is 21.4. The van der Waals surface area contributed by atoms with E-state index < -0.39 is 0 Å². The van der Waals surface area contributed by atoms with Crippen LogP contribution in [-0.2, 0) is 0 Å².